The van der Waals surface area contributed by atoms with Gasteiger partial charge >= 0.3 is 12.5 Å². The van der Waals surface area contributed by atoms with Crippen LogP contribution in [0.25, 0.3) is 11.0 Å². The van der Waals surface area contributed by atoms with Crippen molar-refractivity contribution < 1.29 is 32.2 Å². The SMILES string of the molecule is O=C(OCc1cccc(OC(F)(F)F)c1)N1CCN(C2CCN(C(=O)c3ccc4[nH]nnc4c3)CC2)CC1. The van der Waals surface area contributed by atoms with E-state index in [1.54, 1.807) is 29.2 Å². The summed E-state index contributed by atoms with van der Waals surface area (Å²) in [7, 11) is 0. The van der Waals surface area contributed by atoms with Gasteiger partial charge in [0.2, 0.25) is 0 Å². The average Bonchev–Trinajstić information content (AvgIpc) is 3.39. The first-order chi connectivity index (χ1) is 18.2. The minimum Gasteiger partial charge on any atom is -0.445 e. The van der Waals surface area contributed by atoms with Crippen LogP contribution in [0.15, 0.2) is 42.5 Å². The lowest BCUT2D eigenvalue weighted by molar-refractivity contribution is -0.274. The molecule has 38 heavy (non-hydrogen) atoms. The number of piperidine rings is 1. The fourth-order valence-electron chi connectivity index (χ4n) is 4.93. The third kappa shape index (κ3) is 6.15. The number of hydrogen-bond donors (Lipinski definition) is 1. The van der Waals surface area contributed by atoms with Gasteiger partial charge in [-0.05, 0) is 48.7 Å². The third-order valence-electron chi connectivity index (χ3n) is 6.91. The van der Waals surface area contributed by atoms with E-state index < -0.39 is 12.5 Å². The molecule has 2 fully saturated rings. The third-order valence-corrected chi connectivity index (χ3v) is 6.91. The molecule has 3 aromatic rings. The Bertz CT molecular complexity index is 1280. The lowest BCUT2D eigenvalue weighted by Gasteiger charge is -2.42. The number of H-pyrrole nitrogens is 1. The maximum absolute atomic E-state index is 12.9. The fraction of sp³-hybridized carbons (Fsp3) is 0.440. The Kier molecular flexibility index (Phi) is 7.36. The summed E-state index contributed by atoms with van der Waals surface area (Å²) in [4.78, 5) is 31.3. The van der Waals surface area contributed by atoms with Crippen molar-refractivity contribution in [3.05, 3.63) is 53.6 Å². The van der Waals surface area contributed by atoms with Crippen molar-refractivity contribution >= 4 is 23.0 Å². The molecule has 2 aromatic carbocycles. The number of amides is 2. The summed E-state index contributed by atoms with van der Waals surface area (Å²) in [5, 5.41) is 10.5. The summed E-state index contributed by atoms with van der Waals surface area (Å²) in [5.74, 6) is -0.375. The Morgan fingerprint density at radius 2 is 1.74 bits per heavy atom. The largest absolute Gasteiger partial charge is 0.573 e. The van der Waals surface area contributed by atoms with Crippen LogP contribution in [0, 0.1) is 0 Å². The number of alkyl halides is 3. The quantitative estimate of drug-likeness (QED) is 0.537. The maximum atomic E-state index is 12.9. The first-order valence-corrected chi connectivity index (χ1v) is 12.4. The molecule has 2 aliphatic rings. The number of carbonyl (C=O) groups is 2. The number of carbonyl (C=O) groups excluding carboxylic acids is 2. The molecule has 10 nitrogen and oxygen atoms in total. The van der Waals surface area contributed by atoms with Gasteiger partial charge in [0.15, 0.2) is 0 Å². The predicted molar refractivity (Wildman–Crippen MR) is 129 cm³/mol. The first kappa shape index (κ1) is 25.8. The Labute approximate surface area is 216 Å². The summed E-state index contributed by atoms with van der Waals surface area (Å²) in [6, 6.07) is 11.0. The molecule has 2 saturated heterocycles. The standard InChI is InChI=1S/C25H27F3N6O4/c26-25(27,28)38-20-3-1-2-17(14-20)16-37-24(36)34-12-10-32(11-13-34)19-6-8-33(9-7-19)23(35)18-4-5-21-22(15-18)30-31-29-21/h1-5,14-15,19H,6-13,16H2,(H,29,30,31). The summed E-state index contributed by atoms with van der Waals surface area (Å²) in [6.45, 7) is 3.51. The molecule has 0 aliphatic carbocycles. The zero-order chi connectivity index (χ0) is 26.7. The van der Waals surface area contributed by atoms with Crippen molar-refractivity contribution in [2.75, 3.05) is 39.3 Å². The Hall–Kier alpha value is -3.87. The number of rotatable bonds is 5. The predicted octanol–water partition coefficient (Wildman–Crippen LogP) is 3.42. The van der Waals surface area contributed by atoms with Gasteiger partial charge < -0.3 is 19.3 Å². The van der Waals surface area contributed by atoms with Crippen molar-refractivity contribution in [2.24, 2.45) is 0 Å². The lowest BCUT2D eigenvalue weighted by atomic mass is 10.0. The molecular weight excluding hydrogens is 505 g/mol. The van der Waals surface area contributed by atoms with E-state index in [2.05, 4.69) is 25.0 Å². The lowest BCUT2D eigenvalue weighted by Crippen LogP contribution is -2.54. The second-order valence-electron chi connectivity index (χ2n) is 9.34. The van der Waals surface area contributed by atoms with Crippen LogP contribution in [-0.2, 0) is 11.3 Å². The number of halogens is 3. The molecule has 13 heteroatoms. The van der Waals surface area contributed by atoms with Gasteiger partial charge in [0.25, 0.3) is 5.91 Å². The van der Waals surface area contributed by atoms with Gasteiger partial charge in [0, 0.05) is 50.9 Å². The molecule has 0 radical (unpaired) electrons. The molecule has 0 bridgehead atoms. The van der Waals surface area contributed by atoms with Crippen molar-refractivity contribution in [3.63, 3.8) is 0 Å². The molecular formula is C25H27F3N6O4. The number of hydrogen-bond acceptors (Lipinski definition) is 7. The van der Waals surface area contributed by atoms with Crippen molar-refractivity contribution in [1.82, 2.24) is 30.1 Å². The Morgan fingerprint density at radius 1 is 0.974 bits per heavy atom. The molecule has 3 heterocycles. The van der Waals surface area contributed by atoms with Crippen LogP contribution in [-0.4, -0.2) is 93.8 Å². The number of likely N-dealkylation sites (tertiary alicyclic amines) is 1. The highest BCUT2D eigenvalue weighted by Gasteiger charge is 2.32. The number of fused-ring (bicyclic) bond motifs is 1. The average molecular weight is 533 g/mol. The van der Waals surface area contributed by atoms with E-state index in [0.29, 0.717) is 62.0 Å². The van der Waals surface area contributed by atoms with Gasteiger partial charge in [-0.2, -0.15) is 0 Å². The van der Waals surface area contributed by atoms with Crippen LogP contribution in [0.5, 0.6) is 5.75 Å². The Balaban J connectivity index is 1.05. The zero-order valence-electron chi connectivity index (χ0n) is 20.5. The van der Waals surface area contributed by atoms with Crippen LogP contribution in [0.4, 0.5) is 18.0 Å². The number of benzene rings is 2. The zero-order valence-corrected chi connectivity index (χ0v) is 20.5. The topological polar surface area (TPSA) is 104 Å². The van der Waals surface area contributed by atoms with Gasteiger partial charge in [-0.25, -0.2) is 4.79 Å². The highest BCUT2D eigenvalue weighted by Crippen LogP contribution is 2.24. The molecule has 1 N–H and O–H groups in total. The van der Waals surface area contributed by atoms with Gasteiger partial charge in [0.1, 0.15) is 17.9 Å². The van der Waals surface area contributed by atoms with Gasteiger partial charge in [-0.15, -0.1) is 18.3 Å². The fourth-order valence-corrected chi connectivity index (χ4v) is 4.93. The molecule has 202 valence electrons. The molecule has 0 atom stereocenters. The van der Waals surface area contributed by atoms with E-state index in [9.17, 15) is 22.8 Å². The van der Waals surface area contributed by atoms with Gasteiger partial charge in [-0.3, -0.25) is 14.8 Å². The molecule has 2 aliphatic heterocycles. The highest BCUT2D eigenvalue weighted by molar-refractivity contribution is 5.97. The van der Waals surface area contributed by atoms with Crippen molar-refractivity contribution in [2.45, 2.75) is 31.9 Å². The minimum atomic E-state index is -4.78. The van der Waals surface area contributed by atoms with Crippen molar-refractivity contribution in [3.8, 4) is 5.75 Å². The number of nitrogens with one attached hydrogen (secondary N) is 1. The molecule has 0 spiro atoms. The number of aromatic nitrogens is 3. The van der Waals surface area contributed by atoms with E-state index in [-0.39, 0.29) is 18.3 Å². The number of ether oxygens (including phenoxy) is 2. The molecule has 0 unspecified atom stereocenters. The van der Waals surface area contributed by atoms with Crippen LogP contribution >= 0.6 is 0 Å². The second kappa shape index (κ2) is 10.9. The van der Waals surface area contributed by atoms with E-state index in [1.807, 2.05) is 4.90 Å². The van der Waals surface area contributed by atoms with Crippen LogP contribution in [0.3, 0.4) is 0 Å². The van der Waals surface area contributed by atoms with E-state index in [0.717, 1.165) is 18.4 Å². The van der Waals surface area contributed by atoms with E-state index in [4.69, 9.17) is 4.74 Å². The summed E-state index contributed by atoms with van der Waals surface area (Å²) in [6.07, 6.45) is -3.59. The maximum Gasteiger partial charge on any atom is 0.573 e. The second-order valence-corrected chi connectivity index (χ2v) is 9.34. The van der Waals surface area contributed by atoms with Gasteiger partial charge in [0.05, 0.1) is 5.52 Å². The highest BCUT2D eigenvalue weighted by atomic mass is 19.4. The Morgan fingerprint density at radius 3 is 2.47 bits per heavy atom. The summed E-state index contributed by atoms with van der Waals surface area (Å²) >= 11 is 0. The molecule has 5 rings (SSSR count). The number of nitrogens with zero attached hydrogens (tertiary/aromatic N) is 5. The van der Waals surface area contributed by atoms with Crippen LogP contribution in [0.1, 0.15) is 28.8 Å². The first-order valence-electron chi connectivity index (χ1n) is 12.4. The van der Waals surface area contributed by atoms with Crippen molar-refractivity contribution in [1.29, 1.82) is 0 Å². The normalized spacial score (nSPS) is 17.6. The monoisotopic (exact) mass is 532 g/mol. The van der Waals surface area contributed by atoms with E-state index >= 15 is 0 Å². The number of piperazine rings is 1. The summed E-state index contributed by atoms with van der Waals surface area (Å²) < 4.78 is 46.5. The smallest absolute Gasteiger partial charge is 0.445 e. The molecule has 1 aromatic heterocycles. The van der Waals surface area contributed by atoms with E-state index in [1.165, 1.54) is 18.2 Å². The van der Waals surface area contributed by atoms with Crippen LogP contribution < -0.4 is 4.74 Å². The number of aromatic amines is 1. The van der Waals surface area contributed by atoms with Gasteiger partial charge in [-0.1, -0.05) is 17.3 Å². The molecule has 0 saturated carbocycles. The summed E-state index contributed by atoms with van der Waals surface area (Å²) in [5.41, 5.74) is 2.44. The van der Waals surface area contributed by atoms with Crippen LogP contribution in [0.2, 0.25) is 0 Å². The molecule has 2 amide bonds. The minimum absolute atomic E-state index is 0.0172.